The van der Waals surface area contributed by atoms with Gasteiger partial charge < -0.3 is 14.5 Å². The molecule has 0 saturated carbocycles. The quantitative estimate of drug-likeness (QED) is 0.443. The van der Waals surface area contributed by atoms with Gasteiger partial charge in [0.2, 0.25) is 0 Å². The predicted molar refractivity (Wildman–Crippen MR) is 132 cm³/mol. The number of hydrogen-bond donors (Lipinski definition) is 2. The van der Waals surface area contributed by atoms with Crippen LogP contribution in [-0.2, 0) is 17.8 Å². The molecule has 1 fully saturated rings. The lowest BCUT2D eigenvalue weighted by Gasteiger charge is -2.25. The van der Waals surface area contributed by atoms with Crippen LogP contribution in [-0.4, -0.2) is 39.4 Å². The lowest BCUT2D eigenvalue weighted by molar-refractivity contribution is -0.939. The van der Waals surface area contributed by atoms with Crippen molar-refractivity contribution in [1.29, 1.82) is 0 Å². The van der Waals surface area contributed by atoms with E-state index >= 15 is 0 Å². The smallest absolute Gasteiger partial charge is 0.104 e. The Morgan fingerprint density at radius 2 is 1.19 bits per heavy atom. The van der Waals surface area contributed by atoms with Gasteiger partial charge in [0.05, 0.1) is 26.3 Å². The molecule has 3 heteroatoms. The molecule has 1 aliphatic rings. The summed E-state index contributed by atoms with van der Waals surface area (Å²) in [4.78, 5) is 3.34. The van der Waals surface area contributed by atoms with Crippen molar-refractivity contribution in [2.24, 2.45) is 0 Å². The third kappa shape index (κ3) is 5.02. The highest BCUT2D eigenvalue weighted by atomic mass is 16.5. The molecule has 0 bridgehead atoms. The van der Waals surface area contributed by atoms with E-state index in [1.807, 2.05) is 0 Å². The monoisotopic (exact) mass is 426 g/mol. The van der Waals surface area contributed by atoms with Gasteiger partial charge >= 0.3 is 0 Å². The first-order chi connectivity index (χ1) is 15.9. The zero-order valence-corrected chi connectivity index (χ0v) is 18.9. The molecular weight excluding hydrogens is 392 g/mol. The summed E-state index contributed by atoms with van der Waals surface area (Å²) in [6.07, 6.45) is 1.25. The maximum atomic E-state index is 5.54. The molecule has 0 aromatic heterocycles. The van der Waals surface area contributed by atoms with Crippen molar-refractivity contribution in [1.82, 2.24) is 0 Å². The summed E-state index contributed by atoms with van der Waals surface area (Å²) in [5.74, 6) is 0. The van der Waals surface area contributed by atoms with Gasteiger partial charge in [-0.3, -0.25) is 0 Å². The maximum Gasteiger partial charge on any atom is 0.104 e. The Labute approximate surface area is 191 Å². The molecule has 1 saturated heterocycles. The molecule has 4 aromatic rings. The van der Waals surface area contributed by atoms with Crippen LogP contribution >= 0.6 is 0 Å². The van der Waals surface area contributed by atoms with Crippen LogP contribution < -0.4 is 9.80 Å². The highest BCUT2D eigenvalue weighted by Gasteiger charge is 2.18. The standard InChI is InChI=1S/C29H32N2O/c1-3-14-28-24(8-1)10-5-12-26(28)22-31(17-7-16-30-18-20-32-21-19-30)23-27-13-6-11-25-9-2-4-15-29(25)27/h1-6,8-15H,7,16-23H2/p+2. The minimum absolute atomic E-state index is 0.915. The molecule has 1 aliphatic heterocycles. The first-order valence-electron chi connectivity index (χ1n) is 12.0. The Balaban J connectivity index is 1.37. The molecule has 32 heavy (non-hydrogen) atoms. The van der Waals surface area contributed by atoms with Crippen LogP contribution in [0.1, 0.15) is 17.5 Å². The number of nitrogens with one attached hydrogen (secondary N) is 2. The normalized spacial score (nSPS) is 15.0. The van der Waals surface area contributed by atoms with Gasteiger partial charge in [0.25, 0.3) is 0 Å². The number of benzene rings is 4. The lowest BCUT2D eigenvalue weighted by Crippen LogP contribution is -3.15. The first-order valence-corrected chi connectivity index (χ1v) is 12.0. The SMILES string of the molecule is c1ccc2c(C[NH+](CCC[NH+]3CCOCC3)Cc3cccc4ccccc34)cccc2c1. The summed E-state index contributed by atoms with van der Waals surface area (Å²) >= 11 is 0. The maximum absolute atomic E-state index is 5.54. The zero-order valence-electron chi connectivity index (χ0n) is 18.9. The zero-order chi connectivity index (χ0) is 21.6. The second-order valence-corrected chi connectivity index (χ2v) is 9.10. The van der Waals surface area contributed by atoms with Crippen molar-refractivity contribution < 1.29 is 14.5 Å². The first kappa shape index (κ1) is 21.1. The molecule has 0 amide bonds. The number of ether oxygens (including phenoxy) is 1. The largest absolute Gasteiger partial charge is 0.370 e. The second kappa shape index (κ2) is 10.3. The van der Waals surface area contributed by atoms with Crippen LogP contribution in [0.5, 0.6) is 0 Å². The average molecular weight is 427 g/mol. The Hall–Kier alpha value is -2.72. The van der Waals surface area contributed by atoms with E-state index in [9.17, 15) is 0 Å². The van der Waals surface area contributed by atoms with E-state index in [0.717, 1.165) is 39.4 Å². The third-order valence-electron chi connectivity index (χ3n) is 6.90. The van der Waals surface area contributed by atoms with E-state index in [1.165, 1.54) is 52.2 Å². The van der Waals surface area contributed by atoms with E-state index in [-0.39, 0.29) is 0 Å². The molecule has 0 radical (unpaired) electrons. The summed E-state index contributed by atoms with van der Waals surface area (Å²) in [7, 11) is 0. The van der Waals surface area contributed by atoms with Gasteiger partial charge in [-0.05, 0) is 21.5 Å². The van der Waals surface area contributed by atoms with Crippen LogP contribution in [0.4, 0.5) is 0 Å². The minimum atomic E-state index is 0.915. The van der Waals surface area contributed by atoms with Crippen LogP contribution in [0.25, 0.3) is 21.5 Å². The van der Waals surface area contributed by atoms with Gasteiger partial charge in [0, 0.05) is 17.5 Å². The number of quaternary nitrogens is 2. The van der Waals surface area contributed by atoms with Crippen LogP contribution in [0.2, 0.25) is 0 Å². The summed E-state index contributed by atoms with van der Waals surface area (Å²) in [5.41, 5.74) is 2.91. The van der Waals surface area contributed by atoms with Gasteiger partial charge in [-0.15, -0.1) is 0 Å². The van der Waals surface area contributed by atoms with Crippen molar-refractivity contribution in [3.63, 3.8) is 0 Å². The van der Waals surface area contributed by atoms with Gasteiger partial charge in [0.15, 0.2) is 0 Å². The lowest BCUT2D eigenvalue weighted by atomic mass is 10.0. The Morgan fingerprint density at radius 1 is 0.656 bits per heavy atom. The van der Waals surface area contributed by atoms with E-state index in [1.54, 1.807) is 9.80 Å². The molecule has 0 aliphatic carbocycles. The minimum Gasteiger partial charge on any atom is -0.370 e. The Bertz CT molecular complexity index is 1070. The van der Waals surface area contributed by atoms with Gasteiger partial charge in [-0.25, -0.2) is 0 Å². The van der Waals surface area contributed by atoms with Crippen LogP contribution in [0.3, 0.4) is 0 Å². The van der Waals surface area contributed by atoms with E-state index in [0.29, 0.717) is 0 Å². The summed E-state index contributed by atoms with van der Waals surface area (Å²) in [6, 6.07) is 31.1. The topological polar surface area (TPSA) is 18.1 Å². The highest BCUT2D eigenvalue weighted by Crippen LogP contribution is 2.19. The number of rotatable bonds is 8. The number of fused-ring (bicyclic) bond motifs is 2. The summed E-state index contributed by atoms with van der Waals surface area (Å²) in [6.45, 7) is 8.69. The van der Waals surface area contributed by atoms with Crippen molar-refractivity contribution in [2.45, 2.75) is 19.5 Å². The summed E-state index contributed by atoms with van der Waals surface area (Å²) < 4.78 is 5.54. The molecule has 3 nitrogen and oxygen atoms in total. The highest BCUT2D eigenvalue weighted by molar-refractivity contribution is 5.86. The fourth-order valence-corrected chi connectivity index (χ4v) is 5.17. The second-order valence-electron chi connectivity index (χ2n) is 9.10. The Kier molecular flexibility index (Phi) is 6.78. The van der Waals surface area contributed by atoms with E-state index in [4.69, 9.17) is 4.74 Å². The molecular formula is C29H34N2O+2. The van der Waals surface area contributed by atoms with E-state index in [2.05, 4.69) is 84.9 Å². The van der Waals surface area contributed by atoms with Crippen molar-refractivity contribution in [3.8, 4) is 0 Å². The van der Waals surface area contributed by atoms with Crippen molar-refractivity contribution in [3.05, 3.63) is 96.1 Å². The molecule has 2 N–H and O–H groups in total. The predicted octanol–water partition coefficient (Wildman–Crippen LogP) is 2.88. The van der Waals surface area contributed by atoms with Crippen molar-refractivity contribution >= 4 is 21.5 Å². The van der Waals surface area contributed by atoms with E-state index < -0.39 is 0 Å². The Morgan fingerprint density at radius 3 is 1.78 bits per heavy atom. The molecule has 0 spiro atoms. The third-order valence-corrected chi connectivity index (χ3v) is 6.90. The molecule has 0 unspecified atom stereocenters. The molecule has 1 heterocycles. The average Bonchev–Trinajstić information content (AvgIpc) is 2.85. The van der Waals surface area contributed by atoms with Crippen molar-refractivity contribution in [2.75, 3.05) is 39.4 Å². The van der Waals surface area contributed by atoms with Gasteiger partial charge in [-0.2, -0.15) is 0 Å². The number of hydrogen-bond acceptors (Lipinski definition) is 1. The van der Waals surface area contributed by atoms with Crippen LogP contribution in [0.15, 0.2) is 84.9 Å². The molecule has 0 atom stereocenters. The molecule has 164 valence electrons. The number of morpholine rings is 1. The fraction of sp³-hybridized carbons (Fsp3) is 0.310. The summed E-state index contributed by atoms with van der Waals surface area (Å²) in [5, 5.41) is 5.47. The molecule has 4 aromatic carbocycles. The fourth-order valence-electron chi connectivity index (χ4n) is 5.17. The van der Waals surface area contributed by atoms with Gasteiger partial charge in [0.1, 0.15) is 26.2 Å². The van der Waals surface area contributed by atoms with Gasteiger partial charge in [-0.1, -0.05) is 84.9 Å². The molecule has 5 rings (SSSR count). The van der Waals surface area contributed by atoms with Crippen LogP contribution in [0, 0.1) is 0 Å².